The summed E-state index contributed by atoms with van der Waals surface area (Å²) in [5, 5.41) is 9.68. The van der Waals surface area contributed by atoms with Gasteiger partial charge in [0.25, 0.3) is 0 Å². The Labute approximate surface area is 121 Å². The molecule has 2 nitrogen and oxygen atoms in total. The van der Waals surface area contributed by atoms with Gasteiger partial charge >= 0.3 is 0 Å². The number of nitrogens with zero attached hydrogens (tertiary/aromatic N) is 1. The monoisotopic (exact) mass is 313 g/mol. The molecule has 102 valence electrons. The van der Waals surface area contributed by atoms with Crippen molar-refractivity contribution in [3.63, 3.8) is 0 Å². The maximum Gasteiger partial charge on any atom is 0.115 e. The third-order valence-electron chi connectivity index (χ3n) is 4.52. The van der Waals surface area contributed by atoms with E-state index in [0.717, 1.165) is 19.5 Å². The van der Waals surface area contributed by atoms with Crippen molar-refractivity contribution in [3.05, 3.63) is 29.8 Å². The number of hydrogen-bond acceptors (Lipinski definition) is 2. The molecule has 2 rings (SSSR count). The molecule has 0 bridgehead atoms. The lowest BCUT2D eigenvalue weighted by Crippen LogP contribution is -2.47. The van der Waals surface area contributed by atoms with E-state index in [9.17, 15) is 5.11 Å². The van der Waals surface area contributed by atoms with Crippen molar-refractivity contribution in [2.75, 3.05) is 20.1 Å². The standard InChI is InChI=1S/C15H23NO.BrH/c1-4-15(8-9-16(3)11-12(15)2)13-6-5-7-14(17)10-13;/h5-7,10,12,17H,4,8-9,11H2,1-3H3;1H/t12-,15+;/m0./s1. The summed E-state index contributed by atoms with van der Waals surface area (Å²) in [5.41, 5.74) is 1.55. The molecule has 0 saturated carbocycles. The van der Waals surface area contributed by atoms with E-state index in [1.807, 2.05) is 12.1 Å². The first-order chi connectivity index (χ1) is 8.08. The van der Waals surface area contributed by atoms with Crippen molar-refractivity contribution >= 4 is 17.0 Å². The van der Waals surface area contributed by atoms with Gasteiger partial charge in [-0.25, -0.2) is 0 Å². The molecule has 1 fully saturated rings. The number of rotatable bonds is 2. The number of phenolic OH excluding ortho intramolecular Hbond substituents is 1. The Bertz CT molecular complexity index is 396. The summed E-state index contributed by atoms with van der Waals surface area (Å²) >= 11 is 0. The molecule has 1 aromatic carbocycles. The van der Waals surface area contributed by atoms with Crippen LogP contribution in [0.1, 0.15) is 32.3 Å². The summed E-state index contributed by atoms with van der Waals surface area (Å²) < 4.78 is 0. The minimum Gasteiger partial charge on any atom is -0.508 e. The number of piperidine rings is 1. The number of benzene rings is 1. The molecule has 0 aromatic heterocycles. The molecule has 1 aliphatic rings. The van der Waals surface area contributed by atoms with Crippen LogP contribution in [0.15, 0.2) is 24.3 Å². The zero-order chi connectivity index (χ0) is 12.5. The number of phenols is 1. The predicted molar refractivity (Wildman–Crippen MR) is 81.7 cm³/mol. The predicted octanol–water partition coefficient (Wildman–Crippen LogP) is 3.59. The molecule has 1 saturated heterocycles. The summed E-state index contributed by atoms with van der Waals surface area (Å²) in [4.78, 5) is 2.40. The van der Waals surface area contributed by atoms with Crippen LogP contribution in [-0.2, 0) is 5.41 Å². The van der Waals surface area contributed by atoms with Gasteiger partial charge in [-0.3, -0.25) is 0 Å². The first-order valence-corrected chi connectivity index (χ1v) is 6.56. The van der Waals surface area contributed by atoms with Gasteiger partial charge in [0.1, 0.15) is 5.75 Å². The van der Waals surface area contributed by atoms with Gasteiger partial charge < -0.3 is 10.0 Å². The molecule has 0 spiro atoms. The molecule has 1 aliphatic heterocycles. The Morgan fingerprint density at radius 2 is 2.17 bits per heavy atom. The van der Waals surface area contributed by atoms with Crippen LogP contribution < -0.4 is 0 Å². The van der Waals surface area contributed by atoms with Crippen molar-refractivity contribution in [3.8, 4) is 5.75 Å². The van der Waals surface area contributed by atoms with Crippen LogP contribution in [0.3, 0.4) is 0 Å². The van der Waals surface area contributed by atoms with Crippen LogP contribution in [-0.4, -0.2) is 30.1 Å². The van der Waals surface area contributed by atoms with Crippen molar-refractivity contribution in [2.45, 2.75) is 32.1 Å². The van der Waals surface area contributed by atoms with Crippen molar-refractivity contribution in [1.82, 2.24) is 4.90 Å². The topological polar surface area (TPSA) is 23.5 Å². The van der Waals surface area contributed by atoms with Gasteiger partial charge in [0.2, 0.25) is 0 Å². The fraction of sp³-hybridized carbons (Fsp3) is 0.600. The Balaban J connectivity index is 0.00000162. The summed E-state index contributed by atoms with van der Waals surface area (Å²) in [5.74, 6) is 1.02. The molecular formula is C15H24BrNO. The second-order valence-electron chi connectivity index (χ2n) is 5.47. The summed E-state index contributed by atoms with van der Waals surface area (Å²) in [6.45, 7) is 6.90. The molecule has 0 aliphatic carbocycles. The van der Waals surface area contributed by atoms with E-state index in [2.05, 4.69) is 31.9 Å². The Kier molecular flexibility index (Phi) is 5.23. The minimum absolute atomic E-state index is 0. The highest BCUT2D eigenvalue weighted by molar-refractivity contribution is 8.93. The van der Waals surface area contributed by atoms with Gasteiger partial charge in [0.05, 0.1) is 0 Å². The van der Waals surface area contributed by atoms with Gasteiger partial charge in [-0.05, 0) is 50.0 Å². The summed E-state index contributed by atoms with van der Waals surface area (Å²) in [7, 11) is 2.19. The third kappa shape index (κ3) is 2.72. The molecule has 18 heavy (non-hydrogen) atoms. The van der Waals surface area contributed by atoms with Gasteiger partial charge in [-0.15, -0.1) is 17.0 Å². The van der Waals surface area contributed by atoms with Crippen LogP contribution >= 0.6 is 17.0 Å². The van der Waals surface area contributed by atoms with Gasteiger partial charge in [0.15, 0.2) is 0 Å². The van der Waals surface area contributed by atoms with E-state index in [4.69, 9.17) is 0 Å². The normalized spacial score (nSPS) is 28.7. The fourth-order valence-electron chi connectivity index (χ4n) is 3.34. The fourth-order valence-corrected chi connectivity index (χ4v) is 3.34. The lowest BCUT2D eigenvalue weighted by molar-refractivity contribution is 0.117. The van der Waals surface area contributed by atoms with E-state index in [1.165, 1.54) is 12.0 Å². The maximum atomic E-state index is 9.68. The van der Waals surface area contributed by atoms with Crippen LogP contribution in [0.5, 0.6) is 5.75 Å². The maximum absolute atomic E-state index is 9.68. The number of aromatic hydroxyl groups is 1. The molecule has 0 amide bonds. The molecule has 1 N–H and O–H groups in total. The van der Waals surface area contributed by atoms with Crippen LogP contribution in [0.25, 0.3) is 0 Å². The van der Waals surface area contributed by atoms with Crippen LogP contribution in [0.4, 0.5) is 0 Å². The lowest BCUT2D eigenvalue weighted by Gasteiger charge is -2.46. The Hall–Kier alpha value is -0.540. The largest absolute Gasteiger partial charge is 0.508 e. The first-order valence-electron chi connectivity index (χ1n) is 6.56. The highest BCUT2D eigenvalue weighted by Gasteiger charge is 2.39. The van der Waals surface area contributed by atoms with Gasteiger partial charge in [-0.1, -0.05) is 26.0 Å². The van der Waals surface area contributed by atoms with Crippen molar-refractivity contribution < 1.29 is 5.11 Å². The average Bonchev–Trinajstić information content (AvgIpc) is 2.30. The summed E-state index contributed by atoms with van der Waals surface area (Å²) in [6, 6.07) is 7.84. The molecule has 3 heteroatoms. The molecule has 1 heterocycles. The van der Waals surface area contributed by atoms with E-state index < -0.39 is 0 Å². The quantitative estimate of drug-likeness (QED) is 0.902. The number of likely N-dealkylation sites (tertiary alicyclic amines) is 1. The number of halogens is 1. The van der Waals surface area contributed by atoms with E-state index >= 15 is 0 Å². The second kappa shape index (κ2) is 6.07. The minimum atomic E-state index is 0. The van der Waals surface area contributed by atoms with Gasteiger partial charge in [-0.2, -0.15) is 0 Å². The van der Waals surface area contributed by atoms with Crippen LogP contribution in [0, 0.1) is 5.92 Å². The van der Waals surface area contributed by atoms with Crippen LogP contribution in [0.2, 0.25) is 0 Å². The molecular weight excluding hydrogens is 290 g/mol. The summed E-state index contributed by atoms with van der Waals surface area (Å²) in [6.07, 6.45) is 2.33. The van der Waals surface area contributed by atoms with Gasteiger partial charge in [0, 0.05) is 12.0 Å². The average molecular weight is 314 g/mol. The molecule has 2 atom stereocenters. The molecule has 0 radical (unpaired) electrons. The second-order valence-corrected chi connectivity index (χ2v) is 5.47. The smallest absolute Gasteiger partial charge is 0.115 e. The highest BCUT2D eigenvalue weighted by atomic mass is 79.9. The molecule has 0 unspecified atom stereocenters. The van der Waals surface area contributed by atoms with E-state index in [1.54, 1.807) is 6.07 Å². The van der Waals surface area contributed by atoms with Crippen molar-refractivity contribution in [2.24, 2.45) is 5.92 Å². The Morgan fingerprint density at radius 1 is 1.44 bits per heavy atom. The zero-order valence-corrected chi connectivity index (χ0v) is 13.2. The van der Waals surface area contributed by atoms with E-state index in [-0.39, 0.29) is 22.4 Å². The Morgan fingerprint density at radius 3 is 2.72 bits per heavy atom. The highest BCUT2D eigenvalue weighted by Crippen LogP contribution is 2.42. The first kappa shape index (κ1) is 15.5. The van der Waals surface area contributed by atoms with Crippen molar-refractivity contribution in [1.29, 1.82) is 0 Å². The van der Waals surface area contributed by atoms with E-state index in [0.29, 0.717) is 11.7 Å². The SMILES string of the molecule is Br.CC[C@@]1(c2cccc(O)c2)CCN(C)C[C@@H]1C. The third-order valence-corrected chi connectivity index (χ3v) is 4.52. The zero-order valence-electron chi connectivity index (χ0n) is 11.5. The number of hydrogen-bond donors (Lipinski definition) is 1. The lowest BCUT2D eigenvalue weighted by atomic mass is 9.65. The molecule has 1 aromatic rings.